The number of anilines is 2. The van der Waals surface area contributed by atoms with Crippen LogP contribution in [0.4, 0.5) is 11.5 Å². The summed E-state index contributed by atoms with van der Waals surface area (Å²) in [5.74, 6) is 0.769. The van der Waals surface area contributed by atoms with Gasteiger partial charge in [0.2, 0.25) is 11.8 Å². The van der Waals surface area contributed by atoms with Crippen molar-refractivity contribution in [2.75, 3.05) is 37.4 Å². The van der Waals surface area contributed by atoms with Gasteiger partial charge >= 0.3 is 0 Å². The molecule has 1 aliphatic heterocycles. The Balaban J connectivity index is 1.52. The Morgan fingerprint density at radius 2 is 1.85 bits per heavy atom. The van der Waals surface area contributed by atoms with Crippen LogP contribution in [0, 0.1) is 11.3 Å². The summed E-state index contributed by atoms with van der Waals surface area (Å²) in [5, 5.41) is 15.6. The normalized spacial score (nSPS) is 16.4. The molecule has 2 amide bonds. The molecule has 0 radical (unpaired) electrons. The number of nitriles is 1. The van der Waals surface area contributed by atoms with E-state index >= 15 is 0 Å². The quantitative estimate of drug-likeness (QED) is 0.427. The van der Waals surface area contributed by atoms with Crippen molar-refractivity contribution in [3.8, 4) is 17.2 Å². The van der Waals surface area contributed by atoms with E-state index in [-0.39, 0.29) is 23.9 Å². The predicted molar refractivity (Wildman–Crippen MR) is 154 cm³/mol. The third-order valence-electron chi connectivity index (χ3n) is 7.04. The fraction of sp³-hybridized carbons (Fsp3) is 0.355. The molecule has 0 aliphatic carbocycles. The molecule has 8 heteroatoms. The number of carbonyl (C=O) groups is 2. The molecule has 2 unspecified atom stereocenters. The second kappa shape index (κ2) is 12.5. The zero-order valence-corrected chi connectivity index (χ0v) is 23.1. The highest BCUT2D eigenvalue weighted by atomic mass is 16.2. The number of likely N-dealkylation sites (N-methyl/N-ethyl adjacent to an activating group) is 1. The standard InChI is InChI=1S/C31H36N6O2/c1-21-17-28(35-30-13-7-24(19-32)20-34-30)27-18-26(11-12-29(27)37(21)22(2)38)25-9-5-23(6-10-25)8-14-31(39)33-15-16-36(3)4/h5-7,9-13,18,20-21,28H,8,14-17H2,1-4H3,(H,33,39)(H,34,35). The Labute approximate surface area is 230 Å². The minimum absolute atomic E-state index is 0.0153. The molecule has 1 aromatic heterocycles. The summed E-state index contributed by atoms with van der Waals surface area (Å²) in [6.45, 7) is 5.14. The van der Waals surface area contributed by atoms with E-state index in [0.29, 0.717) is 30.8 Å². The molecule has 0 fully saturated rings. The number of hydrogen-bond donors (Lipinski definition) is 2. The largest absolute Gasteiger partial charge is 0.363 e. The number of rotatable bonds is 9. The first-order chi connectivity index (χ1) is 18.7. The number of pyridine rings is 1. The Bertz CT molecular complexity index is 1340. The smallest absolute Gasteiger partial charge is 0.224 e. The van der Waals surface area contributed by atoms with Crippen molar-refractivity contribution in [2.24, 2.45) is 0 Å². The van der Waals surface area contributed by atoms with E-state index in [1.54, 1.807) is 19.2 Å². The lowest BCUT2D eigenvalue weighted by molar-refractivity contribution is -0.121. The molecule has 0 saturated carbocycles. The fourth-order valence-electron chi connectivity index (χ4n) is 5.01. The van der Waals surface area contributed by atoms with Crippen LogP contribution in [0.1, 0.15) is 49.4 Å². The zero-order valence-electron chi connectivity index (χ0n) is 23.1. The van der Waals surface area contributed by atoms with Gasteiger partial charge in [-0.15, -0.1) is 0 Å². The maximum atomic E-state index is 12.5. The van der Waals surface area contributed by atoms with Crippen molar-refractivity contribution in [2.45, 2.75) is 45.2 Å². The minimum atomic E-state index is -0.0451. The van der Waals surface area contributed by atoms with Gasteiger partial charge in [-0.25, -0.2) is 4.98 Å². The zero-order chi connectivity index (χ0) is 27.9. The maximum absolute atomic E-state index is 12.5. The summed E-state index contributed by atoms with van der Waals surface area (Å²) in [5.41, 5.74) is 5.68. The molecule has 0 bridgehead atoms. The first-order valence-electron chi connectivity index (χ1n) is 13.3. The van der Waals surface area contributed by atoms with Gasteiger partial charge in [-0.2, -0.15) is 5.26 Å². The van der Waals surface area contributed by atoms with Gasteiger partial charge in [-0.05, 0) is 80.4 Å². The molecule has 2 atom stereocenters. The van der Waals surface area contributed by atoms with Crippen LogP contribution in [0.25, 0.3) is 11.1 Å². The number of nitrogens with zero attached hydrogens (tertiary/aromatic N) is 4. The number of aryl methyl sites for hydroxylation is 1. The summed E-state index contributed by atoms with van der Waals surface area (Å²) in [6.07, 6.45) is 3.44. The summed E-state index contributed by atoms with van der Waals surface area (Å²) < 4.78 is 0. The second-order valence-corrected chi connectivity index (χ2v) is 10.3. The van der Waals surface area contributed by atoms with E-state index < -0.39 is 0 Å². The summed E-state index contributed by atoms with van der Waals surface area (Å²) in [4.78, 5) is 33.0. The molecule has 4 rings (SSSR count). The van der Waals surface area contributed by atoms with Crippen LogP contribution in [0.5, 0.6) is 0 Å². The highest BCUT2D eigenvalue weighted by molar-refractivity contribution is 5.94. The molecule has 8 nitrogen and oxygen atoms in total. The van der Waals surface area contributed by atoms with E-state index in [1.165, 1.54) is 0 Å². The molecule has 3 aromatic rings. The summed E-state index contributed by atoms with van der Waals surface area (Å²) >= 11 is 0. The van der Waals surface area contributed by atoms with Gasteiger partial charge in [-0.1, -0.05) is 30.3 Å². The van der Waals surface area contributed by atoms with Gasteiger partial charge in [0.05, 0.1) is 11.6 Å². The number of carbonyl (C=O) groups excluding carboxylic acids is 2. The molecular weight excluding hydrogens is 488 g/mol. The van der Waals surface area contributed by atoms with Crippen LogP contribution < -0.4 is 15.5 Å². The van der Waals surface area contributed by atoms with E-state index in [4.69, 9.17) is 5.26 Å². The van der Waals surface area contributed by atoms with E-state index in [2.05, 4.69) is 65.0 Å². The maximum Gasteiger partial charge on any atom is 0.224 e. The van der Waals surface area contributed by atoms with Crippen molar-refractivity contribution in [1.82, 2.24) is 15.2 Å². The minimum Gasteiger partial charge on any atom is -0.363 e. The van der Waals surface area contributed by atoms with Crippen molar-refractivity contribution < 1.29 is 9.59 Å². The first-order valence-corrected chi connectivity index (χ1v) is 13.3. The average Bonchev–Trinajstić information content (AvgIpc) is 2.92. The lowest BCUT2D eigenvalue weighted by Crippen LogP contribution is -2.43. The topological polar surface area (TPSA) is 101 Å². The lowest BCUT2D eigenvalue weighted by Gasteiger charge is -2.39. The Hall–Kier alpha value is -4.22. The molecule has 2 aromatic carbocycles. The number of benzene rings is 2. The molecule has 2 heterocycles. The monoisotopic (exact) mass is 524 g/mol. The molecule has 2 N–H and O–H groups in total. The summed E-state index contributed by atoms with van der Waals surface area (Å²) in [7, 11) is 3.97. The highest BCUT2D eigenvalue weighted by Crippen LogP contribution is 2.41. The van der Waals surface area contributed by atoms with Gasteiger partial charge in [-0.3, -0.25) is 9.59 Å². The van der Waals surface area contributed by atoms with Crippen LogP contribution >= 0.6 is 0 Å². The van der Waals surface area contributed by atoms with Crippen LogP contribution in [0.15, 0.2) is 60.8 Å². The fourth-order valence-corrected chi connectivity index (χ4v) is 5.01. The predicted octanol–water partition coefficient (Wildman–Crippen LogP) is 4.53. The van der Waals surface area contributed by atoms with Crippen LogP contribution in [0.2, 0.25) is 0 Å². The molecular formula is C31H36N6O2. The Morgan fingerprint density at radius 1 is 1.10 bits per heavy atom. The van der Waals surface area contributed by atoms with Crippen LogP contribution in [-0.4, -0.2) is 54.9 Å². The Morgan fingerprint density at radius 3 is 2.49 bits per heavy atom. The number of hydrogen-bond acceptors (Lipinski definition) is 6. The molecule has 0 spiro atoms. The van der Waals surface area contributed by atoms with Gasteiger partial charge in [0.1, 0.15) is 11.9 Å². The van der Waals surface area contributed by atoms with Gasteiger partial charge < -0.3 is 20.4 Å². The third kappa shape index (κ3) is 7.01. The van der Waals surface area contributed by atoms with E-state index in [0.717, 1.165) is 40.9 Å². The van der Waals surface area contributed by atoms with Crippen LogP contribution in [0.3, 0.4) is 0 Å². The van der Waals surface area contributed by atoms with Crippen molar-refractivity contribution in [3.05, 3.63) is 77.5 Å². The van der Waals surface area contributed by atoms with Gasteiger partial charge in [0, 0.05) is 44.4 Å². The van der Waals surface area contributed by atoms with E-state index in [9.17, 15) is 9.59 Å². The molecule has 39 heavy (non-hydrogen) atoms. The number of nitrogens with one attached hydrogen (secondary N) is 2. The molecule has 0 saturated heterocycles. The van der Waals surface area contributed by atoms with E-state index in [1.807, 2.05) is 36.0 Å². The second-order valence-electron chi connectivity index (χ2n) is 10.3. The molecule has 202 valence electrons. The third-order valence-corrected chi connectivity index (χ3v) is 7.04. The molecule has 1 aliphatic rings. The van der Waals surface area contributed by atoms with Gasteiger partial charge in [0.25, 0.3) is 0 Å². The van der Waals surface area contributed by atoms with Crippen molar-refractivity contribution in [1.29, 1.82) is 5.26 Å². The van der Waals surface area contributed by atoms with Crippen LogP contribution in [-0.2, 0) is 16.0 Å². The first kappa shape index (κ1) is 27.8. The SMILES string of the molecule is CC(=O)N1c2ccc(-c3ccc(CCC(=O)NCCN(C)C)cc3)cc2C(Nc2ccc(C#N)cn2)CC1C. The number of fused-ring (bicyclic) bond motifs is 1. The average molecular weight is 525 g/mol. The lowest BCUT2D eigenvalue weighted by atomic mass is 9.89. The summed E-state index contributed by atoms with van der Waals surface area (Å²) in [6, 6.07) is 20.2. The number of amides is 2. The Kier molecular flexibility index (Phi) is 8.95. The van der Waals surface area contributed by atoms with Gasteiger partial charge in [0.15, 0.2) is 0 Å². The number of aromatic nitrogens is 1. The van der Waals surface area contributed by atoms with Crippen molar-refractivity contribution in [3.63, 3.8) is 0 Å². The highest BCUT2D eigenvalue weighted by Gasteiger charge is 2.32. The van der Waals surface area contributed by atoms with Crippen molar-refractivity contribution >= 4 is 23.3 Å².